The van der Waals surface area contributed by atoms with Gasteiger partial charge in [0, 0.05) is 6.54 Å². The summed E-state index contributed by atoms with van der Waals surface area (Å²) in [5.41, 5.74) is 8.15. The van der Waals surface area contributed by atoms with Crippen LogP contribution < -0.4 is 10.9 Å². The van der Waals surface area contributed by atoms with E-state index >= 15 is 0 Å². The number of ether oxygens (including phenoxy) is 1. The monoisotopic (exact) mass is 198 g/mol. The Hall–Kier alpha value is -1.03. The van der Waals surface area contributed by atoms with E-state index in [-0.39, 0.29) is 0 Å². The van der Waals surface area contributed by atoms with Gasteiger partial charge in [0.25, 0.3) is 0 Å². The molecule has 0 spiro atoms. The molecule has 4 nitrogen and oxygen atoms in total. The average molecular weight is 198 g/mol. The minimum absolute atomic E-state index is 0.394. The van der Waals surface area contributed by atoms with Crippen molar-refractivity contribution in [3.63, 3.8) is 0 Å². The van der Waals surface area contributed by atoms with Crippen LogP contribution in [0.15, 0.2) is 11.1 Å². The van der Waals surface area contributed by atoms with Gasteiger partial charge in [-0.25, -0.2) is 10.2 Å². The fraction of sp³-hybridized carbons (Fsp3) is 0.700. The first-order valence-corrected chi connectivity index (χ1v) is 4.99. The topological polar surface area (TPSA) is 50.4 Å². The number of carbonyl (C=O) groups excluding carboxylic acids is 1. The average Bonchev–Trinajstić information content (AvgIpc) is 2.13. The van der Waals surface area contributed by atoms with Gasteiger partial charge in [-0.05, 0) is 26.2 Å². The lowest BCUT2D eigenvalue weighted by molar-refractivity contribution is 0.147. The molecule has 1 amide bonds. The molecular formula is C10H18N2O2. The Morgan fingerprint density at radius 1 is 1.64 bits per heavy atom. The summed E-state index contributed by atoms with van der Waals surface area (Å²) in [6, 6.07) is 0. The molecule has 14 heavy (non-hydrogen) atoms. The van der Waals surface area contributed by atoms with Crippen LogP contribution in [0.2, 0.25) is 0 Å². The molecule has 0 aromatic heterocycles. The molecule has 2 N–H and O–H groups in total. The van der Waals surface area contributed by atoms with Crippen molar-refractivity contribution >= 4 is 6.09 Å². The maximum atomic E-state index is 10.9. The molecule has 1 aliphatic rings. The van der Waals surface area contributed by atoms with Gasteiger partial charge >= 0.3 is 6.09 Å². The van der Waals surface area contributed by atoms with E-state index in [9.17, 15) is 4.79 Å². The zero-order valence-electron chi connectivity index (χ0n) is 9.02. The number of hydrazine groups is 1. The quantitative estimate of drug-likeness (QED) is 0.533. The van der Waals surface area contributed by atoms with Crippen LogP contribution >= 0.6 is 0 Å². The summed E-state index contributed by atoms with van der Waals surface area (Å²) < 4.78 is 4.70. The molecule has 0 saturated carbocycles. The highest BCUT2D eigenvalue weighted by Gasteiger charge is 2.21. The lowest BCUT2D eigenvalue weighted by atomic mass is 9.79. The van der Waals surface area contributed by atoms with Crippen LogP contribution in [0.1, 0.15) is 27.2 Å². The zero-order chi connectivity index (χ0) is 10.6. The largest absolute Gasteiger partial charge is 0.449 e. The van der Waals surface area contributed by atoms with Crippen LogP contribution in [-0.2, 0) is 4.74 Å². The molecular weight excluding hydrogens is 180 g/mol. The number of hydrogen-bond acceptors (Lipinski definition) is 3. The summed E-state index contributed by atoms with van der Waals surface area (Å²) in [4.78, 5) is 10.9. The molecule has 4 heteroatoms. The van der Waals surface area contributed by atoms with Gasteiger partial charge in [0.05, 0.1) is 6.61 Å². The molecule has 0 aromatic rings. The molecule has 0 aromatic carbocycles. The van der Waals surface area contributed by atoms with Gasteiger partial charge in [-0.15, -0.1) is 0 Å². The Balaban J connectivity index is 2.16. The second kappa shape index (κ2) is 5.00. The van der Waals surface area contributed by atoms with E-state index in [1.54, 1.807) is 6.92 Å². The third kappa shape index (κ3) is 2.73. The fourth-order valence-electron chi connectivity index (χ4n) is 1.71. The van der Waals surface area contributed by atoms with E-state index in [4.69, 9.17) is 4.74 Å². The molecule has 0 bridgehead atoms. The Bertz CT molecular complexity index is 249. The van der Waals surface area contributed by atoms with Crippen molar-refractivity contribution in [2.24, 2.45) is 5.92 Å². The standard InChI is InChI=1S/C10H18N2O2/c1-4-14-10(13)12-11-6-9-7(2)5-8(9)3/h7,11H,4-6H2,1-3H3,(H,12,13). The Labute approximate surface area is 84.7 Å². The third-order valence-corrected chi connectivity index (χ3v) is 2.50. The molecule has 1 aliphatic carbocycles. The number of amides is 1. The van der Waals surface area contributed by atoms with Gasteiger partial charge in [0.1, 0.15) is 0 Å². The van der Waals surface area contributed by atoms with E-state index in [0.29, 0.717) is 19.1 Å². The van der Waals surface area contributed by atoms with Crippen molar-refractivity contribution in [1.29, 1.82) is 0 Å². The SMILES string of the molecule is CCOC(=O)NNCC1=C(C)CC1C. The number of rotatable bonds is 4. The summed E-state index contributed by atoms with van der Waals surface area (Å²) in [6.45, 7) is 7.20. The highest BCUT2D eigenvalue weighted by molar-refractivity contribution is 5.66. The van der Waals surface area contributed by atoms with E-state index in [2.05, 4.69) is 24.7 Å². The summed E-state index contributed by atoms with van der Waals surface area (Å²) in [5, 5.41) is 0. The van der Waals surface area contributed by atoms with E-state index in [1.807, 2.05) is 0 Å². The number of carbonyl (C=O) groups is 1. The highest BCUT2D eigenvalue weighted by atomic mass is 16.5. The van der Waals surface area contributed by atoms with E-state index in [1.165, 1.54) is 17.6 Å². The highest BCUT2D eigenvalue weighted by Crippen LogP contribution is 2.32. The van der Waals surface area contributed by atoms with E-state index < -0.39 is 6.09 Å². The Kier molecular flexibility index (Phi) is 3.95. The molecule has 0 aliphatic heterocycles. The molecule has 0 fully saturated rings. The third-order valence-electron chi connectivity index (χ3n) is 2.50. The second-order valence-electron chi connectivity index (χ2n) is 3.61. The number of allylic oxidation sites excluding steroid dienone is 1. The lowest BCUT2D eigenvalue weighted by Crippen LogP contribution is -2.40. The first-order chi connectivity index (χ1) is 6.65. The van der Waals surface area contributed by atoms with Gasteiger partial charge in [0.15, 0.2) is 0 Å². The van der Waals surface area contributed by atoms with Crippen LogP contribution in [0.3, 0.4) is 0 Å². The van der Waals surface area contributed by atoms with Crippen molar-refractivity contribution in [3.8, 4) is 0 Å². The van der Waals surface area contributed by atoms with Gasteiger partial charge in [0.2, 0.25) is 0 Å². The minimum atomic E-state index is -0.419. The first-order valence-electron chi connectivity index (χ1n) is 4.99. The van der Waals surface area contributed by atoms with Gasteiger partial charge < -0.3 is 4.74 Å². The maximum Gasteiger partial charge on any atom is 0.421 e. The van der Waals surface area contributed by atoms with Crippen LogP contribution in [0.5, 0.6) is 0 Å². The van der Waals surface area contributed by atoms with Crippen molar-refractivity contribution in [1.82, 2.24) is 10.9 Å². The summed E-state index contributed by atoms with van der Waals surface area (Å²) in [7, 11) is 0. The summed E-state index contributed by atoms with van der Waals surface area (Å²) in [6.07, 6.45) is 0.758. The fourth-order valence-corrected chi connectivity index (χ4v) is 1.71. The van der Waals surface area contributed by atoms with Crippen molar-refractivity contribution in [3.05, 3.63) is 11.1 Å². The lowest BCUT2D eigenvalue weighted by Gasteiger charge is -2.29. The molecule has 1 unspecified atom stereocenters. The maximum absolute atomic E-state index is 10.9. The molecule has 0 heterocycles. The van der Waals surface area contributed by atoms with Crippen LogP contribution in [0.4, 0.5) is 4.79 Å². The molecule has 0 radical (unpaired) electrons. The van der Waals surface area contributed by atoms with Gasteiger partial charge in [-0.2, -0.15) is 0 Å². The smallest absolute Gasteiger partial charge is 0.421 e. The first kappa shape index (κ1) is 11.0. The predicted octanol–water partition coefficient (Wildman–Crippen LogP) is 1.59. The molecule has 80 valence electrons. The Morgan fingerprint density at radius 3 is 2.86 bits per heavy atom. The number of hydrogen-bond donors (Lipinski definition) is 2. The predicted molar refractivity (Wildman–Crippen MR) is 54.6 cm³/mol. The van der Waals surface area contributed by atoms with Crippen molar-refractivity contribution in [2.45, 2.75) is 27.2 Å². The Morgan fingerprint density at radius 2 is 2.36 bits per heavy atom. The molecule has 0 saturated heterocycles. The van der Waals surface area contributed by atoms with Crippen LogP contribution in [-0.4, -0.2) is 19.2 Å². The van der Waals surface area contributed by atoms with Crippen LogP contribution in [0, 0.1) is 5.92 Å². The second-order valence-corrected chi connectivity index (χ2v) is 3.61. The molecule has 1 atom stereocenters. The summed E-state index contributed by atoms with van der Waals surface area (Å²) in [5.74, 6) is 0.645. The van der Waals surface area contributed by atoms with Crippen LogP contribution in [0.25, 0.3) is 0 Å². The van der Waals surface area contributed by atoms with Crippen molar-refractivity contribution in [2.75, 3.05) is 13.2 Å². The van der Waals surface area contributed by atoms with Crippen molar-refractivity contribution < 1.29 is 9.53 Å². The normalized spacial score (nSPS) is 20.4. The zero-order valence-corrected chi connectivity index (χ0v) is 9.02. The van der Waals surface area contributed by atoms with Gasteiger partial charge in [-0.1, -0.05) is 18.1 Å². The summed E-state index contributed by atoms with van der Waals surface area (Å²) >= 11 is 0. The number of nitrogens with one attached hydrogen (secondary N) is 2. The van der Waals surface area contributed by atoms with Gasteiger partial charge in [-0.3, -0.25) is 5.43 Å². The molecule has 1 rings (SSSR count). The minimum Gasteiger partial charge on any atom is -0.449 e. The van der Waals surface area contributed by atoms with E-state index in [0.717, 1.165) is 0 Å².